The van der Waals surface area contributed by atoms with Gasteiger partial charge in [0.15, 0.2) is 0 Å². The molecule has 5 heteroatoms. The number of rotatable bonds is 4. The van der Waals surface area contributed by atoms with Gasteiger partial charge in [-0.1, -0.05) is 30.3 Å². The summed E-state index contributed by atoms with van der Waals surface area (Å²) in [4.78, 5) is 12.2. The Kier molecular flexibility index (Phi) is 3.66. The first-order valence-corrected chi connectivity index (χ1v) is 6.04. The van der Waals surface area contributed by atoms with Crippen LogP contribution in [0.2, 0.25) is 0 Å². The molecule has 0 aliphatic heterocycles. The van der Waals surface area contributed by atoms with Gasteiger partial charge in [0.1, 0.15) is 5.69 Å². The molecular formula is C14H17N3O2. The van der Waals surface area contributed by atoms with E-state index < -0.39 is 5.54 Å². The molecule has 5 nitrogen and oxygen atoms in total. The number of aliphatic hydroxyl groups excluding tert-OH is 1. The minimum absolute atomic E-state index is 0.180. The molecule has 2 N–H and O–H groups in total. The first-order chi connectivity index (χ1) is 9.07. The Morgan fingerprint density at radius 3 is 2.58 bits per heavy atom. The Bertz CT molecular complexity index is 565. The monoisotopic (exact) mass is 259 g/mol. The number of nitrogens with zero attached hydrogens (tertiary/aromatic N) is 2. The maximum absolute atomic E-state index is 12.2. The summed E-state index contributed by atoms with van der Waals surface area (Å²) in [7, 11) is 1.70. The SMILES string of the molecule is Cn1nccc1C(=O)NC(C)(CO)c1ccccc1. The van der Waals surface area contributed by atoms with Crippen molar-refractivity contribution in [2.75, 3.05) is 6.61 Å². The van der Waals surface area contributed by atoms with Gasteiger partial charge in [-0.05, 0) is 18.6 Å². The highest BCUT2D eigenvalue weighted by atomic mass is 16.3. The number of hydrogen-bond donors (Lipinski definition) is 2. The van der Waals surface area contributed by atoms with Crippen LogP contribution in [0.25, 0.3) is 0 Å². The van der Waals surface area contributed by atoms with Gasteiger partial charge in [-0.15, -0.1) is 0 Å². The number of aryl methyl sites for hydroxylation is 1. The van der Waals surface area contributed by atoms with Crippen LogP contribution in [-0.4, -0.2) is 27.4 Å². The van der Waals surface area contributed by atoms with Crippen molar-refractivity contribution in [2.24, 2.45) is 7.05 Å². The van der Waals surface area contributed by atoms with Gasteiger partial charge in [-0.3, -0.25) is 9.48 Å². The molecule has 0 aliphatic carbocycles. The summed E-state index contributed by atoms with van der Waals surface area (Å²) >= 11 is 0. The van der Waals surface area contributed by atoms with E-state index in [0.29, 0.717) is 5.69 Å². The van der Waals surface area contributed by atoms with E-state index in [1.165, 1.54) is 4.68 Å². The number of nitrogens with one attached hydrogen (secondary N) is 1. The third kappa shape index (κ3) is 2.66. The predicted molar refractivity (Wildman–Crippen MR) is 71.6 cm³/mol. The Morgan fingerprint density at radius 2 is 2.05 bits per heavy atom. The van der Waals surface area contributed by atoms with Crippen molar-refractivity contribution in [3.05, 3.63) is 53.9 Å². The second-order valence-corrected chi connectivity index (χ2v) is 4.65. The lowest BCUT2D eigenvalue weighted by Crippen LogP contribution is -2.46. The Labute approximate surface area is 111 Å². The van der Waals surface area contributed by atoms with Crippen molar-refractivity contribution in [1.29, 1.82) is 0 Å². The predicted octanol–water partition coefficient (Wildman–Crippen LogP) is 1.06. The smallest absolute Gasteiger partial charge is 0.270 e. The van der Waals surface area contributed by atoms with Gasteiger partial charge in [0.2, 0.25) is 0 Å². The summed E-state index contributed by atoms with van der Waals surface area (Å²) < 4.78 is 1.50. The molecule has 1 aromatic heterocycles. The average molecular weight is 259 g/mol. The zero-order valence-electron chi connectivity index (χ0n) is 11.0. The van der Waals surface area contributed by atoms with Crippen LogP contribution in [0, 0.1) is 0 Å². The average Bonchev–Trinajstić information content (AvgIpc) is 2.86. The van der Waals surface area contributed by atoms with E-state index in [-0.39, 0.29) is 12.5 Å². The maximum Gasteiger partial charge on any atom is 0.270 e. The number of hydrogen-bond acceptors (Lipinski definition) is 3. The number of aliphatic hydroxyl groups is 1. The van der Waals surface area contributed by atoms with Crippen molar-refractivity contribution in [3.8, 4) is 0 Å². The van der Waals surface area contributed by atoms with Crippen LogP contribution in [0.1, 0.15) is 23.0 Å². The zero-order chi connectivity index (χ0) is 13.9. The highest BCUT2D eigenvalue weighted by Gasteiger charge is 2.28. The number of benzene rings is 1. The standard InChI is InChI=1S/C14H17N3O2/c1-14(10-18,11-6-4-3-5-7-11)16-13(19)12-8-9-15-17(12)2/h3-9,18H,10H2,1-2H3,(H,16,19). The lowest BCUT2D eigenvalue weighted by molar-refractivity contribution is 0.0840. The fourth-order valence-corrected chi connectivity index (χ4v) is 1.92. The zero-order valence-corrected chi connectivity index (χ0v) is 11.0. The molecule has 1 amide bonds. The molecule has 1 aromatic carbocycles. The Morgan fingerprint density at radius 1 is 1.37 bits per heavy atom. The highest BCUT2D eigenvalue weighted by Crippen LogP contribution is 2.20. The molecule has 1 heterocycles. The number of aromatic nitrogens is 2. The molecular weight excluding hydrogens is 242 g/mol. The number of amides is 1. The fraction of sp³-hybridized carbons (Fsp3) is 0.286. The molecule has 2 aromatic rings. The van der Waals surface area contributed by atoms with Crippen LogP contribution in [0.5, 0.6) is 0 Å². The molecule has 0 radical (unpaired) electrons. The second-order valence-electron chi connectivity index (χ2n) is 4.65. The normalized spacial score (nSPS) is 13.8. The third-order valence-corrected chi connectivity index (χ3v) is 3.17. The summed E-state index contributed by atoms with van der Waals surface area (Å²) in [6.45, 7) is 1.61. The lowest BCUT2D eigenvalue weighted by atomic mass is 9.93. The summed E-state index contributed by atoms with van der Waals surface area (Å²) in [5.41, 5.74) is 0.492. The Balaban J connectivity index is 2.25. The van der Waals surface area contributed by atoms with Crippen molar-refractivity contribution < 1.29 is 9.90 Å². The van der Waals surface area contributed by atoms with Gasteiger partial charge in [0, 0.05) is 13.2 Å². The van der Waals surface area contributed by atoms with E-state index in [1.807, 2.05) is 30.3 Å². The van der Waals surface area contributed by atoms with Crippen LogP contribution < -0.4 is 5.32 Å². The largest absolute Gasteiger partial charge is 0.394 e. The summed E-state index contributed by atoms with van der Waals surface area (Å²) in [6.07, 6.45) is 1.56. The van der Waals surface area contributed by atoms with Crippen molar-refractivity contribution in [1.82, 2.24) is 15.1 Å². The van der Waals surface area contributed by atoms with Gasteiger partial charge >= 0.3 is 0 Å². The number of carbonyl (C=O) groups excluding carboxylic acids is 1. The van der Waals surface area contributed by atoms with E-state index in [0.717, 1.165) is 5.56 Å². The van der Waals surface area contributed by atoms with Crippen LogP contribution >= 0.6 is 0 Å². The molecule has 1 atom stereocenters. The van der Waals surface area contributed by atoms with Gasteiger partial charge in [-0.25, -0.2) is 0 Å². The van der Waals surface area contributed by atoms with Crippen molar-refractivity contribution in [3.63, 3.8) is 0 Å². The minimum Gasteiger partial charge on any atom is -0.394 e. The lowest BCUT2D eigenvalue weighted by Gasteiger charge is -2.29. The molecule has 0 saturated heterocycles. The van der Waals surface area contributed by atoms with E-state index in [1.54, 1.807) is 26.2 Å². The first-order valence-electron chi connectivity index (χ1n) is 6.04. The van der Waals surface area contributed by atoms with Crippen molar-refractivity contribution in [2.45, 2.75) is 12.5 Å². The van der Waals surface area contributed by atoms with Gasteiger partial charge in [-0.2, -0.15) is 5.10 Å². The van der Waals surface area contributed by atoms with Gasteiger partial charge in [0.25, 0.3) is 5.91 Å². The topological polar surface area (TPSA) is 67.2 Å². The van der Waals surface area contributed by atoms with E-state index in [4.69, 9.17) is 0 Å². The molecule has 0 bridgehead atoms. The van der Waals surface area contributed by atoms with Gasteiger partial charge in [0.05, 0.1) is 12.1 Å². The van der Waals surface area contributed by atoms with E-state index in [9.17, 15) is 9.90 Å². The van der Waals surface area contributed by atoms with Gasteiger partial charge < -0.3 is 10.4 Å². The molecule has 0 saturated carbocycles. The second kappa shape index (κ2) is 5.24. The summed E-state index contributed by atoms with van der Waals surface area (Å²) in [5, 5.41) is 16.4. The van der Waals surface area contributed by atoms with E-state index in [2.05, 4.69) is 10.4 Å². The van der Waals surface area contributed by atoms with Crippen LogP contribution in [0.3, 0.4) is 0 Å². The van der Waals surface area contributed by atoms with Crippen LogP contribution in [0.15, 0.2) is 42.6 Å². The summed E-state index contributed by atoms with van der Waals surface area (Å²) in [6, 6.07) is 11.0. The Hall–Kier alpha value is -2.14. The summed E-state index contributed by atoms with van der Waals surface area (Å²) in [5.74, 6) is -0.264. The highest BCUT2D eigenvalue weighted by molar-refractivity contribution is 5.93. The van der Waals surface area contributed by atoms with Crippen LogP contribution in [0.4, 0.5) is 0 Å². The molecule has 0 fully saturated rings. The first kappa shape index (κ1) is 13.3. The third-order valence-electron chi connectivity index (χ3n) is 3.17. The molecule has 19 heavy (non-hydrogen) atoms. The molecule has 0 aliphatic rings. The maximum atomic E-state index is 12.2. The minimum atomic E-state index is -0.817. The van der Waals surface area contributed by atoms with Crippen molar-refractivity contribution >= 4 is 5.91 Å². The quantitative estimate of drug-likeness (QED) is 0.862. The molecule has 2 rings (SSSR count). The van der Waals surface area contributed by atoms with E-state index >= 15 is 0 Å². The molecule has 1 unspecified atom stereocenters. The van der Waals surface area contributed by atoms with Crippen LogP contribution in [-0.2, 0) is 12.6 Å². The molecule has 100 valence electrons. The molecule has 0 spiro atoms. The number of carbonyl (C=O) groups is 1. The fourth-order valence-electron chi connectivity index (χ4n) is 1.92.